The van der Waals surface area contributed by atoms with Crippen molar-refractivity contribution in [2.45, 2.75) is 37.4 Å². The second-order valence-electron chi connectivity index (χ2n) is 5.61. The van der Waals surface area contributed by atoms with Crippen LogP contribution in [0.25, 0.3) is 0 Å². The van der Waals surface area contributed by atoms with E-state index in [1.54, 1.807) is 0 Å². The number of benzene rings is 1. The molecule has 1 aromatic carbocycles. The van der Waals surface area contributed by atoms with Gasteiger partial charge in [-0.05, 0) is 31.2 Å². The highest BCUT2D eigenvalue weighted by atomic mass is 32.2. The minimum absolute atomic E-state index is 0.103. The zero-order chi connectivity index (χ0) is 16.2. The summed E-state index contributed by atoms with van der Waals surface area (Å²) >= 11 is 1.51. The van der Waals surface area contributed by atoms with Gasteiger partial charge in [0.2, 0.25) is 5.91 Å². The van der Waals surface area contributed by atoms with Crippen LogP contribution in [0.2, 0.25) is 0 Å². The first kappa shape index (κ1) is 15.8. The van der Waals surface area contributed by atoms with Crippen LogP contribution in [0.4, 0.5) is 0 Å². The van der Waals surface area contributed by atoms with Gasteiger partial charge in [0, 0.05) is 11.3 Å². The lowest BCUT2D eigenvalue weighted by Gasteiger charge is -2.12. The fraction of sp³-hybridized carbons (Fsp3) is 0.353. The average Bonchev–Trinajstić information content (AvgIpc) is 3.00. The lowest BCUT2D eigenvalue weighted by atomic mass is 10.2. The molecule has 5 nitrogen and oxygen atoms in total. The maximum absolute atomic E-state index is 12.6. The Morgan fingerprint density at radius 2 is 2.04 bits per heavy atom. The van der Waals surface area contributed by atoms with Crippen molar-refractivity contribution in [3.8, 4) is 0 Å². The Labute approximate surface area is 138 Å². The summed E-state index contributed by atoms with van der Waals surface area (Å²) in [6, 6.07) is 10.2. The lowest BCUT2D eigenvalue weighted by Crippen LogP contribution is -2.32. The van der Waals surface area contributed by atoms with Crippen molar-refractivity contribution in [2.24, 2.45) is 5.73 Å². The molecule has 1 aromatic heterocycles. The number of hydrogen-bond donors (Lipinski definition) is 1. The van der Waals surface area contributed by atoms with Crippen molar-refractivity contribution < 1.29 is 4.79 Å². The third-order valence-corrected chi connectivity index (χ3v) is 4.91. The Morgan fingerprint density at radius 3 is 2.78 bits per heavy atom. The number of aromatic nitrogens is 2. The van der Waals surface area contributed by atoms with Crippen LogP contribution in [0, 0.1) is 0 Å². The number of amides is 1. The van der Waals surface area contributed by atoms with E-state index in [9.17, 15) is 9.59 Å². The van der Waals surface area contributed by atoms with E-state index in [0.29, 0.717) is 5.16 Å². The number of rotatable bonds is 6. The van der Waals surface area contributed by atoms with Gasteiger partial charge in [-0.1, -0.05) is 42.1 Å². The summed E-state index contributed by atoms with van der Waals surface area (Å²) in [5.41, 5.74) is 8.06. The zero-order valence-corrected chi connectivity index (χ0v) is 13.6. The molecular formula is C17H19N3O2S. The Morgan fingerprint density at radius 1 is 1.26 bits per heavy atom. The van der Waals surface area contributed by atoms with E-state index in [4.69, 9.17) is 5.73 Å². The molecule has 0 radical (unpaired) electrons. The van der Waals surface area contributed by atoms with Crippen molar-refractivity contribution >= 4 is 17.7 Å². The van der Waals surface area contributed by atoms with Crippen molar-refractivity contribution in [3.63, 3.8) is 0 Å². The summed E-state index contributed by atoms with van der Waals surface area (Å²) < 4.78 is 1.43. The van der Waals surface area contributed by atoms with E-state index in [1.165, 1.54) is 21.9 Å². The molecule has 1 amide bonds. The van der Waals surface area contributed by atoms with Crippen molar-refractivity contribution in [1.29, 1.82) is 0 Å². The van der Waals surface area contributed by atoms with Crippen LogP contribution < -0.4 is 11.3 Å². The largest absolute Gasteiger partial charge is 0.368 e. The van der Waals surface area contributed by atoms with E-state index in [2.05, 4.69) is 17.1 Å². The molecule has 2 N–H and O–H groups in total. The predicted octanol–water partition coefficient (Wildman–Crippen LogP) is 1.55. The molecule has 120 valence electrons. The first-order chi connectivity index (χ1) is 11.1. The van der Waals surface area contributed by atoms with Crippen LogP contribution in [0.15, 0.2) is 40.3 Å². The summed E-state index contributed by atoms with van der Waals surface area (Å²) in [5.74, 6) is 0.283. The fourth-order valence-electron chi connectivity index (χ4n) is 2.82. The van der Waals surface area contributed by atoms with E-state index in [1.807, 2.05) is 18.2 Å². The van der Waals surface area contributed by atoms with Gasteiger partial charge in [-0.25, -0.2) is 4.98 Å². The Bertz CT molecular complexity index is 771. The molecular weight excluding hydrogens is 310 g/mol. The number of nitrogens with zero attached hydrogens (tertiary/aromatic N) is 2. The predicted molar refractivity (Wildman–Crippen MR) is 90.6 cm³/mol. The molecule has 23 heavy (non-hydrogen) atoms. The van der Waals surface area contributed by atoms with E-state index < -0.39 is 5.91 Å². The Kier molecular flexibility index (Phi) is 4.81. The average molecular weight is 329 g/mol. The minimum Gasteiger partial charge on any atom is -0.368 e. The quantitative estimate of drug-likeness (QED) is 0.644. The molecule has 0 atom stereocenters. The summed E-state index contributed by atoms with van der Waals surface area (Å²) in [6.07, 6.45) is 3.42. The number of thioether (sulfide) groups is 1. The molecule has 6 heteroatoms. The van der Waals surface area contributed by atoms with Crippen LogP contribution in [-0.2, 0) is 30.6 Å². The minimum atomic E-state index is -0.517. The molecule has 0 bridgehead atoms. The number of nitrogens with two attached hydrogens (primary N) is 1. The number of hydrogen-bond acceptors (Lipinski definition) is 4. The Balaban J connectivity index is 1.81. The molecule has 1 heterocycles. The van der Waals surface area contributed by atoms with Gasteiger partial charge in [-0.2, -0.15) is 0 Å². The number of aryl methyl sites for hydroxylation is 2. The van der Waals surface area contributed by atoms with Gasteiger partial charge < -0.3 is 5.73 Å². The van der Waals surface area contributed by atoms with Gasteiger partial charge in [0.05, 0.1) is 5.69 Å². The molecule has 3 rings (SSSR count). The van der Waals surface area contributed by atoms with Crippen molar-refractivity contribution in [2.75, 3.05) is 5.75 Å². The number of primary amides is 1. The zero-order valence-electron chi connectivity index (χ0n) is 12.8. The first-order valence-corrected chi connectivity index (χ1v) is 8.71. The third-order valence-electron chi connectivity index (χ3n) is 3.93. The van der Waals surface area contributed by atoms with E-state index in [0.717, 1.165) is 42.7 Å². The van der Waals surface area contributed by atoms with Gasteiger partial charge in [0.15, 0.2) is 5.16 Å². The molecule has 0 saturated heterocycles. The molecule has 0 fully saturated rings. The molecule has 2 aromatic rings. The van der Waals surface area contributed by atoms with Gasteiger partial charge in [-0.15, -0.1) is 0 Å². The van der Waals surface area contributed by atoms with E-state index in [-0.39, 0.29) is 12.1 Å². The normalized spacial score (nSPS) is 13.0. The summed E-state index contributed by atoms with van der Waals surface area (Å²) in [5, 5.41) is 0.602. The smallest absolute Gasteiger partial charge is 0.258 e. The van der Waals surface area contributed by atoms with Crippen molar-refractivity contribution in [1.82, 2.24) is 9.55 Å². The third kappa shape index (κ3) is 3.64. The number of fused-ring (bicyclic) bond motifs is 1. The Hall–Kier alpha value is -2.08. The number of carbonyl (C=O) groups excluding carboxylic acids is 1. The van der Waals surface area contributed by atoms with Crippen LogP contribution in [-0.4, -0.2) is 21.2 Å². The van der Waals surface area contributed by atoms with Crippen LogP contribution in [0.3, 0.4) is 0 Å². The van der Waals surface area contributed by atoms with Crippen LogP contribution >= 0.6 is 11.8 Å². The second kappa shape index (κ2) is 7.00. The topological polar surface area (TPSA) is 78.0 Å². The molecule has 0 saturated carbocycles. The summed E-state index contributed by atoms with van der Waals surface area (Å²) in [6.45, 7) is -0.104. The lowest BCUT2D eigenvalue weighted by molar-refractivity contribution is -0.118. The molecule has 1 aliphatic rings. The van der Waals surface area contributed by atoms with Crippen LogP contribution in [0.1, 0.15) is 23.2 Å². The highest BCUT2D eigenvalue weighted by molar-refractivity contribution is 7.99. The molecule has 1 aliphatic carbocycles. The monoisotopic (exact) mass is 329 g/mol. The highest BCUT2D eigenvalue weighted by Gasteiger charge is 2.21. The summed E-state index contributed by atoms with van der Waals surface area (Å²) in [4.78, 5) is 28.5. The van der Waals surface area contributed by atoms with Gasteiger partial charge >= 0.3 is 0 Å². The molecule has 0 spiro atoms. The van der Waals surface area contributed by atoms with Crippen LogP contribution in [0.5, 0.6) is 0 Å². The maximum Gasteiger partial charge on any atom is 0.258 e. The SMILES string of the molecule is NC(=O)Cn1c(SCCc2ccccc2)nc2c(c1=O)CCC2. The van der Waals surface area contributed by atoms with Gasteiger partial charge in [-0.3, -0.25) is 14.2 Å². The standard InChI is InChI=1S/C17H19N3O2S/c18-15(21)11-20-16(22)13-7-4-8-14(13)19-17(20)23-10-9-12-5-2-1-3-6-12/h1-3,5-6H,4,7-11H2,(H2,18,21). The molecule has 0 unspecified atom stereocenters. The molecule has 0 aliphatic heterocycles. The maximum atomic E-state index is 12.6. The fourth-order valence-corrected chi connectivity index (χ4v) is 3.82. The van der Waals surface area contributed by atoms with E-state index >= 15 is 0 Å². The first-order valence-electron chi connectivity index (χ1n) is 7.73. The van der Waals surface area contributed by atoms with Crippen molar-refractivity contribution in [3.05, 3.63) is 57.5 Å². The number of carbonyl (C=O) groups is 1. The summed E-state index contributed by atoms with van der Waals surface area (Å²) in [7, 11) is 0. The van der Waals surface area contributed by atoms with Gasteiger partial charge in [0.1, 0.15) is 6.54 Å². The van der Waals surface area contributed by atoms with Gasteiger partial charge in [0.25, 0.3) is 5.56 Å². The highest BCUT2D eigenvalue weighted by Crippen LogP contribution is 2.22. The second-order valence-corrected chi connectivity index (χ2v) is 6.68.